The van der Waals surface area contributed by atoms with Gasteiger partial charge in [0.2, 0.25) is 0 Å². The summed E-state index contributed by atoms with van der Waals surface area (Å²) in [4.78, 5) is 0. The highest BCUT2D eigenvalue weighted by atomic mass is 79.9. The van der Waals surface area contributed by atoms with E-state index in [4.69, 9.17) is 6.42 Å². The van der Waals surface area contributed by atoms with Crippen LogP contribution in [0.2, 0.25) is 0 Å². The predicted molar refractivity (Wildman–Crippen MR) is 59.4 cm³/mol. The maximum absolute atomic E-state index is 13.3. The highest BCUT2D eigenvalue weighted by Crippen LogP contribution is 2.21. The number of halogens is 2. The molecule has 1 atom stereocenters. The van der Waals surface area contributed by atoms with E-state index in [9.17, 15) is 4.39 Å². The molecule has 0 fully saturated rings. The third kappa shape index (κ3) is 2.83. The topological polar surface area (TPSA) is 12.0 Å². The van der Waals surface area contributed by atoms with Crippen molar-refractivity contribution in [3.8, 4) is 12.3 Å². The van der Waals surface area contributed by atoms with Crippen LogP contribution in [0.5, 0.6) is 0 Å². The number of hydrogen-bond acceptors (Lipinski definition) is 1. The van der Waals surface area contributed by atoms with Crippen molar-refractivity contribution < 1.29 is 4.39 Å². The van der Waals surface area contributed by atoms with Crippen molar-refractivity contribution >= 4 is 15.9 Å². The van der Waals surface area contributed by atoms with Gasteiger partial charge in [0.25, 0.3) is 0 Å². The first-order valence-electron chi connectivity index (χ1n) is 4.27. The molecule has 0 aliphatic heterocycles. The Morgan fingerprint density at radius 3 is 3.00 bits per heavy atom. The Morgan fingerprint density at radius 2 is 2.36 bits per heavy atom. The fourth-order valence-corrected chi connectivity index (χ4v) is 1.55. The number of hydrogen-bond donors (Lipinski definition) is 1. The van der Waals surface area contributed by atoms with Gasteiger partial charge < -0.3 is 0 Å². The van der Waals surface area contributed by atoms with Crippen LogP contribution in [0.4, 0.5) is 4.39 Å². The van der Waals surface area contributed by atoms with Gasteiger partial charge in [0.15, 0.2) is 0 Å². The van der Waals surface area contributed by atoms with Gasteiger partial charge in [-0.2, -0.15) is 0 Å². The zero-order chi connectivity index (χ0) is 10.6. The van der Waals surface area contributed by atoms with Gasteiger partial charge in [-0.1, -0.05) is 21.9 Å². The summed E-state index contributed by atoms with van der Waals surface area (Å²) in [5.74, 6) is 2.24. The first kappa shape index (κ1) is 11.2. The Hall–Kier alpha value is -0.850. The molecule has 74 valence electrons. The minimum atomic E-state index is -0.217. The lowest BCUT2D eigenvalue weighted by Crippen LogP contribution is -2.19. The smallest absolute Gasteiger partial charge is 0.128 e. The van der Waals surface area contributed by atoms with Gasteiger partial charge in [0, 0.05) is 16.1 Å². The lowest BCUT2D eigenvalue weighted by molar-refractivity contribution is 0.551. The quantitative estimate of drug-likeness (QED) is 0.820. The molecule has 0 aromatic heterocycles. The molecule has 0 radical (unpaired) electrons. The van der Waals surface area contributed by atoms with E-state index in [0.717, 1.165) is 4.47 Å². The first-order valence-corrected chi connectivity index (χ1v) is 5.06. The molecule has 0 spiro atoms. The van der Waals surface area contributed by atoms with E-state index < -0.39 is 0 Å². The van der Waals surface area contributed by atoms with Gasteiger partial charge >= 0.3 is 0 Å². The molecule has 1 unspecified atom stereocenters. The van der Waals surface area contributed by atoms with Crippen molar-refractivity contribution in [1.82, 2.24) is 5.32 Å². The molecule has 0 saturated heterocycles. The molecule has 1 N–H and O–H groups in total. The summed E-state index contributed by atoms with van der Waals surface area (Å²) in [6.45, 7) is 2.31. The van der Waals surface area contributed by atoms with Crippen LogP contribution in [0.3, 0.4) is 0 Å². The predicted octanol–water partition coefficient (Wildman–Crippen LogP) is 2.87. The summed E-state index contributed by atoms with van der Waals surface area (Å²) in [5.41, 5.74) is 0.620. The normalized spacial score (nSPS) is 12.1. The lowest BCUT2D eigenvalue weighted by atomic mass is 10.1. The summed E-state index contributed by atoms with van der Waals surface area (Å²) >= 11 is 3.30. The van der Waals surface area contributed by atoms with Crippen LogP contribution in [0.15, 0.2) is 22.7 Å². The van der Waals surface area contributed by atoms with Gasteiger partial charge in [-0.15, -0.1) is 6.42 Å². The number of rotatable bonds is 3. The SMILES string of the molecule is C#CCNC(C)c1cc(Br)ccc1F. The molecule has 0 bridgehead atoms. The van der Waals surface area contributed by atoms with Crippen molar-refractivity contribution in [1.29, 1.82) is 0 Å². The van der Waals surface area contributed by atoms with Crippen molar-refractivity contribution in [2.45, 2.75) is 13.0 Å². The van der Waals surface area contributed by atoms with Crippen LogP contribution in [-0.2, 0) is 0 Å². The molecule has 1 aromatic carbocycles. The summed E-state index contributed by atoms with van der Waals surface area (Å²) in [6, 6.07) is 4.78. The zero-order valence-electron chi connectivity index (χ0n) is 7.85. The molecule has 0 amide bonds. The third-order valence-electron chi connectivity index (χ3n) is 1.93. The van der Waals surface area contributed by atoms with E-state index >= 15 is 0 Å². The first-order chi connectivity index (χ1) is 6.65. The van der Waals surface area contributed by atoms with Crippen LogP contribution in [-0.4, -0.2) is 6.54 Å². The molecular weight excluding hydrogens is 245 g/mol. The van der Waals surface area contributed by atoms with Gasteiger partial charge in [0.1, 0.15) is 5.82 Å². The maximum Gasteiger partial charge on any atom is 0.128 e. The average Bonchev–Trinajstić information content (AvgIpc) is 2.18. The Morgan fingerprint density at radius 1 is 1.64 bits per heavy atom. The second-order valence-electron chi connectivity index (χ2n) is 2.97. The second kappa shape index (κ2) is 5.14. The molecule has 14 heavy (non-hydrogen) atoms. The lowest BCUT2D eigenvalue weighted by Gasteiger charge is -2.13. The van der Waals surface area contributed by atoms with Crippen molar-refractivity contribution in [2.24, 2.45) is 0 Å². The highest BCUT2D eigenvalue weighted by molar-refractivity contribution is 9.10. The minimum absolute atomic E-state index is 0.0800. The van der Waals surface area contributed by atoms with Crippen LogP contribution < -0.4 is 5.32 Å². The molecule has 0 heterocycles. The average molecular weight is 256 g/mol. The fourth-order valence-electron chi connectivity index (χ4n) is 1.17. The third-order valence-corrected chi connectivity index (χ3v) is 2.43. The summed E-state index contributed by atoms with van der Waals surface area (Å²) in [6.07, 6.45) is 5.11. The van der Waals surface area contributed by atoms with Crippen LogP contribution in [0.1, 0.15) is 18.5 Å². The largest absolute Gasteiger partial charge is 0.299 e. The Labute approximate surface area is 91.8 Å². The Balaban J connectivity index is 2.83. The molecule has 0 aliphatic rings. The van der Waals surface area contributed by atoms with E-state index in [1.807, 2.05) is 6.92 Å². The standard InChI is InChI=1S/C11H11BrFN/c1-3-6-14-8(2)10-7-9(12)4-5-11(10)13/h1,4-5,7-8,14H,6H2,2H3. The molecule has 3 heteroatoms. The fraction of sp³-hybridized carbons (Fsp3) is 0.273. The maximum atomic E-state index is 13.3. The van der Waals surface area contributed by atoms with E-state index in [1.54, 1.807) is 12.1 Å². The molecule has 0 aliphatic carbocycles. The van der Waals surface area contributed by atoms with Crippen LogP contribution >= 0.6 is 15.9 Å². The van der Waals surface area contributed by atoms with E-state index in [-0.39, 0.29) is 11.9 Å². The molecule has 1 aromatic rings. The van der Waals surface area contributed by atoms with E-state index in [0.29, 0.717) is 12.1 Å². The van der Waals surface area contributed by atoms with Crippen LogP contribution in [0, 0.1) is 18.2 Å². The highest BCUT2D eigenvalue weighted by Gasteiger charge is 2.09. The molecule has 0 saturated carbocycles. The Kier molecular flexibility index (Phi) is 4.12. The molecule has 1 rings (SSSR count). The summed E-state index contributed by atoms with van der Waals surface area (Å²) in [5, 5.41) is 3.02. The van der Waals surface area contributed by atoms with Crippen molar-refractivity contribution in [3.63, 3.8) is 0 Å². The molecule has 1 nitrogen and oxygen atoms in total. The minimum Gasteiger partial charge on any atom is -0.299 e. The van der Waals surface area contributed by atoms with E-state index in [1.165, 1.54) is 6.07 Å². The Bertz CT molecular complexity index is 357. The van der Waals surface area contributed by atoms with Crippen LogP contribution in [0.25, 0.3) is 0 Å². The van der Waals surface area contributed by atoms with E-state index in [2.05, 4.69) is 27.2 Å². The summed E-state index contributed by atoms with van der Waals surface area (Å²) < 4.78 is 14.2. The zero-order valence-corrected chi connectivity index (χ0v) is 9.44. The number of benzene rings is 1. The number of nitrogens with one attached hydrogen (secondary N) is 1. The van der Waals surface area contributed by atoms with Crippen molar-refractivity contribution in [3.05, 3.63) is 34.1 Å². The van der Waals surface area contributed by atoms with Gasteiger partial charge in [-0.25, -0.2) is 4.39 Å². The molecular formula is C11H11BrFN. The van der Waals surface area contributed by atoms with Gasteiger partial charge in [0.05, 0.1) is 6.54 Å². The van der Waals surface area contributed by atoms with Gasteiger partial charge in [-0.05, 0) is 25.1 Å². The van der Waals surface area contributed by atoms with Crippen molar-refractivity contribution in [2.75, 3.05) is 6.54 Å². The monoisotopic (exact) mass is 255 g/mol. The summed E-state index contributed by atoms with van der Waals surface area (Å²) in [7, 11) is 0. The van der Waals surface area contributed by atoms with Gasteiger partial charge in [-0.3, -0.25) is 5.32 Å². The number of terminal acetylenes is 1. The second-order valence-corrected chi connectivity index (χ2v) is 3.89.